The molecule has 2 aromatic rings. The molecule has 17 nitrogen and oxygen atoms in total. The molecule has 0 bridgehead atoms. The highest BCUT2D eigenvalue weighted by molar-refractivity contribution is 7.66. The Morgan fingerprint density at radius 3 is 2.24 bits per heavy atom. The highest BCUT2D eigenvalue weighted by Gasteiger charge is 2.46. The van der Waals surface area contributed by atoms with Crippen molar-refractivity contribution in [3.8, 4) is 0 Å². The molecule has 1 aliphatic heterocycles. The van der Waals surface area contributed by atoms with Crippen LogP contribution in [0.1, 0.15) is 11.8 Å². The molecule has 6 N–H and O–H groups in total. The smallest absolute Gasteiger partial charge is 0.387 e. The number of ether oxygens (including phenoxy) is 1. The van der Waals surface area contributed by atoms with Gasteiger partial charge in [-0.2, -0.15) is 8.62 Å². The molecule has 212 valence electrons. The molecule has 1 saturated heterocycles. The molecule has 1 fully saturated rings. The zero-order valence-electron chi connectivity index (χ0n) is 18.9. The van der Waals surface area contributed by atoms with Crippen molar-refractivity contribution in [2.75, 3.05) is 6.61 Å². The Kier molecular flexibility index (Phi) is 9.44. The highest BCUT2D eigenvalue weighted by Crippen LogP contribution is 2.66. The maximum atomic E-state index is 13.9. The summed E-state index contributed by atoms with van der Waals surface area (Å²) in [5, 5.41) is 20.6. The quantitative estimate of drug-likeness (QED) is 0.174. The lowest BCUT2D eigenvalue weighted by Gasteiger charge is -2.19. The summed E-state index contributed by atoms with van der Waals surface area (Å²) in [6.07, 6.45) is -6.09. The van der Waals surface area contributed by atoms with Crippen LogP contribution in [0.5, 0.6) is 0 Å². The second kappa shape index (κ2) is 11.7. The predicted molar refractivity (Wildman–Crippen MR) is 121 cm³/mol. The van der Waals surface area contributed by atoms with Crippen molar-refractivity contribution in [2.24, 2.45) is 0 Å². The molecular formula is C17H22FN2O15P3. The number of rotatable bonds is 11. The molecule has 0 saturated carbocycles. The molecular weight excluding hydrogens is 584 g/mol. The molecule has 6 atom stereocenters. The van der Waals surface area contributed by atoms with Gasteiger partial charge in [-0.05, 0) is 18.1 Å². The molecule has 1 aromatic heterocycles. The summed E-state index contributed by atoms with van der Waals surface area (Å²) < 4.78 is 66.2. The molecule has 2 unspecified atom stereocenters. The second-order valence-corrected chi connectivity index (χ2v) is 12.2. The van der Waals surface area contributed by atoms with E-state index in [2.05, 4.69) is 13.1 Å². The van der Waals surface area contributed by atoms with E-state index in [9.17, 15) is 47.7 Å². The topological polar surface area (TPSA) is 254 Å². The molecule has 0 radical (unpaired) electrons. The normalized spacial score (nSPS) is 25.1. The minimum Gasteiger partial charge on any atom is -0.387 e. The van der Waals surface area contributed by atoms with Gasteiger partial charge in [-0.15, -0.1) is 0 Å². The van der Waals surface area contributed by atoms with Crippen LogP contribution >= 0.6 is 23.5 Å². The maximum absolute atomic E-state index is 13.9. The van der Waals surface area contributed by atoms with E-state index in [0.717, 1.165) is 21.4 Å². The number of phosphoric ester groups is 1. The Morgan fingerprint density at radius 2 is 1.61 bits per heavy atom. The Labute approximate surface area is 211 Å². The van der Waals surface area contributed by atoms with Gasteiger partial charge in [0.2, 0.25) is 0 Å². The van der Waals surface area contributed by atoms with E-state index in [1.54, 1.807) is 6.07 Å². The summed E-state index contributed by atoms with van der Waals surface area (Å²) in [7, 11) is -17.0. The molecule has 38 heavy (non-hydrogen) atoms. The zero-order valence-corrected chi connectivity index (χ0v) is 21.5. The van der Waals surface area contributed by atoms with Gasteiger partial charge in [0.1, 0.15) is 24.1 Å². The van der Waals surface area contributed by atoms with Crippen LogP contribution in [-0.2, 0) is 44.5 Å². The van der Waals surface area contributed by atoms with E-state index in [1.165, 1.54) is 18.2 Å². The zero-order chi connectivity index (χ0) is 28.5. The average molecular weight is 606 g/mol. The largest absolute Gasteiger partial charge is 0.490 e. The molecule has 1 aliphatic rings. The number of aliphatic hydroxyl groups excluding tert-OH is 2. The maximum Gasteiger partial charge on any atom is 0.490 e. The minimum atomic E-state index is -5.79. The first kappa shape index (κ1) is 30.7. The first-order valence-corrected chi connectivity index (χ1v) is 14.9. The summed E-state index contributed by atoms with van der Waals surface area (Å²) in [4.78, 5) is 61.0. The van der Waals surface area contributed by atoms with E-state index in [4.69, 9.17) is 14.5 Å². The van der Waals surface area contributed by atoms with Crippen molar-refractivity contribution >= 4 is 23.5 Å². The van der Waals surface area contributed by atoms with Gasteiger partial charge >= 0.3 is 29.2 Å². The van der Waals surface area contributed by atoms with Gasteiger partial charge in [0.25, 0.3) is 5.56 Å². The van der Waals surface area contributed by atoms with Gasteiger partial charge in [0.15, 0.2) is 6.23 Å². The fraction of sp³-hybridized carbons (Fsp3) is 0.412. The van der Waals surface area contributed by atoms with Crippen LogP contribution in [0.4, 0.5) is 4.39 Å². The van der Waals surface area contributed by atoms with Gasteiger partial charge in [-0.25, -0.2) is 22.9 Å². The SMILES string of the molecule is O=c1ccn([C@@H]2O[C@H](COP(=O)(O)OP(=O)(O)OP(=O)(O)O)[C@H](O)[C@@H]2O)c(=O)n1CCc1ccccc1F. The van der Waals surface area contributed by atoms with E-state index in [0.29, 0.717) is 0 Å². The number of phosphoric acid groups is 3. The highest BCUT2D eigenvalue weighted by atomic mass is 31.3. The standard InChI is InChI=1S/C17H22FN2O15P3/c18-11-4-2-1-3-10(11)5-7-19-13(21)6-8-20(17(19)24)16-15(23)14(22)12(33-16)9-32-37(28,29)35-38(30,31)34-36(25,26)27/h1-4,6,8,12,14-16,22-23H,5,7,9H2,(H,28,29)(H,30,31)(H2,25,26,27)/t12-,14+,15+,16-/m1/s1. The number of halogens is 1. The fourth-order valence-corrected chi connectivity index (χ4v) is 6.46. The van der Waals surface area contributed by atoms with E-state index in [-0.39, 0.29) is 18.5 Å². The van der Waals surface area contributed by atoms with Gasteiger partial charge in [0.05, 0.1) is 6.61 Å². The van der Waals surface area contributed by atoms with Crippen molar-refractivity contribution < 1.29 is 65.8 Å². The monoisotopic (exact) mass is 606 g/mol. The third kappa shape index (κ3) is 7.83. The van der Waals surface area contributed by atoms with Crippen LogP contribution in [0.3, 0.4) is 0 Å². The minimum absolute atomic E-state index is 0.0365. The Morgan fingerprint density at radius 1 is 0.947 bits per heavy atom. The number of aryl methyl sites for hydroxylation is 1. The summed E-state index contributed by atoms with van der Waals surface area (Å²) in [6.45, 7) is -1.35. The summed E-state index contributed by atoms with van der Waals surface area (Å²) in [5.41, 5.74) is -1.52. The number of aliphatic hydroxyl groups is 2. The van der Waals surface area contributed by atoms with Crippen molar-refractivity contribution in [2.45, 2.75) is 37.5 Å². The van der Waals surface area contributed by atoms with Gasteiger partial charge < -0.3 is 34.5 Å². The summed E-state index contributed by atoms with van der Waals surface area (Å²) >= 11 is 0. The van der Waals surface area contributed by atoms with Crippen molar-refractivity contribution in [3.05, 3.63) is 68.7 Å². The molecule has 0 aliphatic carbocycles. The molecule has 3 rings (SSSR count). The van der Waals surface area contributed by atoms with Crippen molar-refractivity contribution in [1.82, 2.24) is 9.13 Å². The molecule has 2 heterocycles. The number of benzene rings is 1. The van der Waals surface area contributed by atoms with Crippen LogP contribution < -0.4 is 11.2 Å². The molecule has 1 aromatic carbocycles. The number of aromatic nitrogens is 2. The third-order valence-electron chi connectivity index (χ3n) is 5.09. The summed E-state index contributed by atoms with van der Waals surface area (Å²) in [6, 6.07) is 6.64. The molecule has 21 heteroatoms. The second-order valence-electron chi connectivity index (χ2n) is 7.77. The predicted octanol–water partition coefficient (Wildman–Crippen LogP) is -0.646. The lowest BCUT2D eigenvalue weighted by molar-refractivity contribution is -0.0548. The molecule has 0 spiro atoms. The van der Waals surface area contributed by atoms with Crippen molar-refractivity contribution in [1.29, 1.82) is 0 Å². The van der Waals surface area contributed by atoms with Crippen LogP contribution in [0.2, 0.25) is 0 Å². The lowest BCUT2D eigenvalue weighted by atomic mass is 10.1. The van der Waals surface area contributed by atoms with E-state index in [1.807, 2.05) is 0 Å². The Hall–Kier alpha value is -1.88. The van der Waals surface area contributed by atoms with Gasteiger partial charge in [-0.1, -0.05) is 18.2 Å². The Balaban J connectivity index is 1.72. The van der Waals surface area contributed by atoms with Crippen LogP contribution in [-0.4, -0.2) is 63.8 Å². The lowest BCUT2D eigenvalue weighted by Crippen LogP contribution is -2.43. The van der Waals surface area contributed by atoms with Crippen LogP contribution in [0, 0.1) is 5.82 Å². The first-order chi connectivity index (χ1) is 17.5. The average Bonchev–Trinajstić information content (AvgIpc) is 3.05. The van der Waals surface area contributed by atoms with Gasteiger partial charge in [0, 0.05) is 18.8 Å². The first-order valence-electron chi connectivity index (χ1n) is 10.3. The fourth-order valence-electron chi connectivity index (χ4n) is 3.43. The van der Waals surface area contributed by atoms with E-state index < -0.39 is 71.7 Å². The summed E-state index contributed by atoms with van der Waals surface area (Å²) in [5.74, 6) is -0.548. The number of hydrogen-bond donors (Lipinski definition) is 6. The third-order valence-corrected chi connectivity index (χ3v) is 8.89. The van der Waals surface area contributed by atoms with E-state index >= 15 is 0 Å². The number of hydrogen-bond acceptors (Lipinski definition) is 11. The Bertz CT molecular complexity index is 1420. The van der Waals surface area contributed by atoms with Crippen LogP contribution in [0.15, 0.2) is 46.1 Å². The van der Waals surface area contributed by atoms with Crippen molar-refractivity contribution in [3.63, 3.8) is 0 Å². The molecule has 0 amide bonds. The van der Waals surface area contributed by atoms with Crippen LogP contribution in [0.25, 0.3) is 0 Å². The van der Waals surface area contributed by atoms with Gasteiger partial charge in [-0.3, -0.25) is 18.5 Å². The number of nitrogens with zero attached hydrogens (tertiary/aromatic N) is 2.